The first-order chi connectivity index (χ1) is 6.56. The van der Waals surface area contributed by atoms with Crippen molar-refractivity contribution in [3.05, 3.63) is 23.0 Å². The lowest BCUT2D eigenvalue weighted by Gasteiger charge is -2.14. The summed E-state index contributed by atoms with van der Waals surface area (Å²) in [5.74, 6) is -0.157. The summed E-state index contributed by atoms with van der Waals surface area (Å²) in [6, 6.07) is 2.71. The number of aromatic hydroxyl groups is 1. The van der Waals surface area contributed by atoms with Crippen molar-refractivity contribution in [2.24, 2.45) is 0 Å². The molecule has 1 heterocycles. The van der Waals surface area contributed by atoms with Crippen LogP contribution in [0.1, 0.15) is 11.8 Å². The molecule has 3 N–H and O–H groups in total. The summed E-state index contributed by atoms with van der Waals surface area (Å²) < 4.78 is 0. The molecule has 0 saturated heterocycles. The van der Waals surface area contributed by atoms with Crippen molar-refractivity contribution in [2.45, 2.75) is 12.2 Å². The van der Waals surface area contributed by atoms with Gasteiger partial charge >= 0.3 is 0 Å². The Labute approximate surface area is 94.3 Å². The highest BCUT2D eigenvalue weighted by atomic mass is 79.9. The zero-order chi connectivity index (χ0) is 10.7. The highest BCUT2D eigenvalue weighted by Crippen LogP contribution is 2.24. The number of nitrogens with zero attached hydrogens (tertiary/aromatic N) is 1. The number of pyridine rings is 1. The van der Waals surface area contributed by atoms with Crippen LogP contribution in [0.5, 0.6) is 5.75 Å². The molecule has 0 saturated carbocycles. The first kappa shape index (κ1) is 11.7. The Morgan fingerprint density at radius 1 is 1.43 bits per heavy atom. The van der Waals surface area contributed by atoms with E-state index in [0.717, 1.165) is 0 Å². The average molecular weight is 283 g/mol. The van der Waals surface area contributed by atoms with Crippen LogP contribution in [0, 0.1) is 0 Å². The van der Waals surface area contributed by atoms with Gasteiger partial charge in [0.1, 0.15) is 6.10 Å². The molecule has 1 rings (SSSR count). The molecule has 0 aliphatic rings. The summed E-state index contributed by atoms with van der Waals surface area (Å²) in [5.41, 5.74) is 0.222. The molecule has 0 amide bonds. The van der Waals surface area contributed by atoms with Crippen LogP contribution in [-0.4, -0.2) is 31.7 Å². The van der Waals surface area contributed by atoms with Gasteiger partial charge in [0.25, 0.3) is 0 Å². The molecule has 1 aromatic rings. The smallest absolute Gasteiger partial charge is 0.171 e. The molecule has 14 heavy (non-hydrogen) atoms. The van der Waals surface area contributed by atoms with E-state index < -0.39 is 12.2 Å². The zero-order valence-corrected chi connectivity index (χ0v) is 9.40. The van der Waals surface area contributed by atoms with Crippen LogP contribution in [-0.2, 0) is 0 Å². The van der Waals surface area contributed by atoms with Gasteiger partial charge in [-0.1, -0.05) is 27.5 Å². The predicted octanol–water partition coefficient (Wildman–Crippen LogP) is 1.23. The maximum atomic E-state index is 9.52. The van der Waals surface area contributed by atoms with Gasteiger partial charge in [0.2, 0.25) is 0 Å². The van der Waals surface area contributed by atoms with Crippen molar-refractivity contribution in [3.8, 4) is 5.75 Å². The Balaban J connectivity index is 2.91. The molecule has 2 unspecified atom stereocenters. The lowest BCUT2D eigenvalue weighted by atomic mass is 10.1. The second-order valence-electron chi connectivity index (χ2n) is 2.71. The molecule has 0 aliphatic heterocycles. The number of alkyl halides is 1. The molecule has 2 atom stereocenters. The van der Waals surface area contributed by atoms with E-state index in [1.807, 2.05) is 0 Å². The summed E-state index contributed by atoms with van der Waals surface area (Å²) in [6.45, 7) is 0. The number of hydrogen-bond donors (Lipinski definition) is 3. The number of aromatic nitrogens is 1. The summed E-state index contributed by atoms with van der Waals surface area (Å²) >= 11 is 8.57. The van der Waals surface area contributed by atoms with Crippen LogP contribution < -0.4 is 0 Å². The molecule has 0 fully saturated rings. The summed E-state index contributed by atoms with van der Waals surface area (Å²) in [4.78, 5) is 3.73. The minimum atomic E-state index is -1.12. The first-order valence-corrected chi connectivity index (χ1v) is 5.33. The molecular formula is C8H9BrClNO3. The van der Waals surface area contributed by atoms with Gasteiger partial charge in [-0.3, -0.25) is 0 Å². The van der Waals surface area contributed by atoms with Crippen molar-refractivity contribution in [1.82, 2.24) is 4.98 Å². The minimum Gasteiger partial charge on any atom is -0.505 e. The maximum Gasteiger partial charge on any atom is 0.171 e. The molecule has 4 nitrogen and oxygen atoms in total. The topological polar surface area (TPSA) is 73.6 Å². The lowest BCUT2D eigenvalue weighted by molar-refractivity contribution is 0.0315. The fourth-order valence-electron chi connectivity index (χ4n) is 0.887. The minimum absolute atomic E-state index is 0.0941. The van der Waals surface area contributed by atoms with E-state index in [1.54, 1.807) is 0 Å². The van der Waals surface area contributed by atoms with E-state index in [1.165, 1.54) is 12.1 Å². The fraction of sp³-hybridized carbons (Fsp3) is 0.375. The van der Waals surface area contributed by atoms with Crippen molar-refractivity contribution in [3.63, 3.8) is 0 Å². The van der Waals surface area contributed by atoms with Gasteiger partial charge in [-0.15, -0.1) is 0 Å². The normalized spacial score (nSPS) is 15.1. The molecule has 0 aromatic carbocycles. The van der Waals surface area contributed by atoms with E-state index in [4.69, 9.17) is 16.7 Å². The largest absolute Gasteiger partial charge is 0.505 e. The average Bonchev–Trinajstić information content (AvgIpc) is 2.20. The Morgan fingerprint density at radius 2 is 2.07 bits per heavy atom. The van der Waals surface area contributed by atoms with Crippen LogP contribution in [0.3, 0.4) is 0 Å². The van der Waals surface area contributed by atoms with Gasteiger partial charge in [-0.2, -0.15) is 0 Å². The molecule has 6 heteroatoms. The van der Waals surface area contributed by atoms with Crippen LogP contribution in [0.4, 0.5) is 0 Å². The summed E-state index contributed by atoms with van der Waals surface area (Å²) in [7, 11) is 0. The predicted molar refractivity (Wildman–Crippen MR) is 55.7 cm³/mol. The monoisotopic (exact) mass is 281 g/mol. The van der Waals surface area contributed by atoms with Crippen LogP contribution in [0.2, 0.25) is 5.15 Å². The molecule has 0 radical (unpaired) electrons. The molecule has 0 spiro atoms. The number of aliphatic hydroxyl groups excluding tert-OH is 2. The number of rotatable bonds is 3. The van der Waals surface area contributed by atoms with Gasteiger partial charge in [0.15, 0.2) is 10.9 Å². The van der Waals surface area contributed by atoms with Gasteiger partial charge in [-0.05, 0) is 12.1 Å². The van der Waals surface area contributed by atoms with Crippen molar-refractivity contribution in [1.29, 1.82) is 0 Å². The maximum absolute atomic E-state index is 9.52. The van der Waals surface area contributed by atoms with Crippen LogP contribution in [0.15, 0.2) is 12.1 Å². The van der Waals surface area contributed by atoms with Gasteiger partial charge in [0.05, 0.1) is 11.8 Å². The quantitative estimate of drug-likeness (QED) is 0.576. The molecular weight excluding hydrogens is 273 g/mol. The Hall–Kier alpha value is -0.360. The second-order valence-corrected chi connectivity index (χ2v) is 3.72. The third kappa shape index (κ3) is 2.57. The fourth-order valence-corrected chi connectivity index (χ4v) is 1.40. The van der Waals surface area contributed by atoms with Crippen molar-refractivity contribution in [2.75, 3.05) is 5.33 Å². The second kappa shape index (κ2) is 4.93. The Bertz CT molecular complexity index is 323. The standard InChI is InChI=1S/C8H9BrClNO3/c9-3-6(13)7(14)4-1-2-5(12)8(10)11-4/h1-2,6-7,12-14H,3H2. The van der Waals surface area contributed by atoms with E-state index in [0.29, 0.717) is 0 Å². The van der Waals surface area contributed by atoms with E-state index in [2.05, 4.69) is 20.9 Å². The molecule has 0 aliphatic carbocycles. The molecule has 0 bridgehead atoms. The van der Waals surface area contributed by atoms with Gasteiger partial charge in [0, 0.05) is 5.33 Å². The Kier molecular flexibility index (Phi) is 4.12. The summed E-state index contributed by atoms with van der Waals surface area (Å²) in [5, 5.41) is 28.0. The number of hydrogen-bond acceptors (Lipinski definition) is 4. The lowest BCUT2D eigenvalue weighted by Crippen LogP contribution is -2.20. The number of aliphatic hydroxyl groups is 2. The van der Waals surface area contributed by atoms with Crippen molar-refractivity contribution < 1.29 is 15.3 Å². The van der Waals surface area contributed by atoms with Crippen LogP contribution >= 0.6 is 27.5 Å². The third-order valence-corrected chi connectivity index (χ3v) is 2.62. The zero-order valence-electron chi connectivity index (χ0n) is 7.06. The number of halogens is 2. The van der Waals surface area contributed by atoms with E-state index in [9.17, 15) is 10.2 Å². The van der Waals surface area contributed by atoms with Gasteiger partial charge in [-0.25, -0.2) is 4.98 Å². The highest BCUT2D eigenvalue weighted by Gasteiger charge is 2.19. The van der Waals surface area contributed by atoms with Crippen molar-refractivity contribution >= 4 is 27.5 Å². The van der Waals surface area contributed by atoms with Gasteiger partial charge < -0.3 is 15.3 Å². The van der Waals surface area contributed by atoms with Crippen LogP contribution in [0.25, 0.3) is 0 Å². The van der Waals surface area contributed by atoms with E-state index in [-0.39, 0.29) is 21.9 Å². The SMILES string of the molecule is Oc1ccc(C(O)C(O)CBr)nc1Cl. The van der Waals surface area contributed by atoms with E-state index >= 15 is 0 Å². The highest BCUT2D eigenvalue weighted by molar-refractivity contribution is 9.09. The third-order valence-electron chi connectivity index (χ3n) is 1.68. The molecule has 1 aromatic heterocycles. The molecule has 78 valence electrons. The summed E-state index contributed by atoms with van der Waals surface area (Å²) in [6.07, 6.45) is -2.07. The Morgan fingerprint density at radius 3 is 2.57 bits per heavy atom. The first-order valence-electron chi connectivity index (χ1n) is 3.83.